The van der Waals surface area contributed by atoms with Crippen LogP contribution in [0.4, 0.5) is 0 Å². The second-order valence-corrected chi connectivity index (χ2v) is 20.9. The molecule has 0 amide bonds. The molecule has 0 saturated carbocycles. The van der Waals surface area contributed by atoms with Crippen LogP contribution in [0.2, 0.25) is 0 Å². The van der Waals surface area contributed by atoms with Gasteiger partial charge < -0.3 is 14.2 Å². The monoisotopic (exact) mass is 1070 g/mol. The van der Waals surface area contributed by atoms with Gasteiger partial charge >= 0.3 is 17.9 Å². The van der Waals surface area contributed by atoms with Crippen molar-refractivity contribution in [2.45, 2.75) is 297 Å². The average molecular weight is 1070 g/mol. The quantitative estimate of drug-likeness (QED) is 0.0261. The van der Waals surface area contributed by atoms with Crippen LogP contribution in [0.25, 0.3) is 0 Å². The molecule has 0 spiro atoms. The number of esters is 3. The van der Waals surface area contributed by atoms with Crippen molar-refractivity contribution in [3.8, 4) is 0 Å². The van der Waals surface area contributed by atoms with Crippen molar-refractivity contribution in [1.82, 2.24) is 0 Å². The number of hydrogen-bond acceptors (Lipinski definition) is 6. The summed E-state index contributed by atoms with van der Waals surface area (Å²) in [5.74, 6) is -0.916. The van der Waals surface area contributed by atoms with Crippen molar-refractivity contribution >= 4 is 17.9 Å². The van der Waals surface area contributed by atoms with Crippen LogP contribution in [-0.2, 0) is 28.6 Å². The lowest BCUT2D eigenvalue weighted by Gasteiger charge is -2.18. The zero-order valence-corrected chi connectivity index (χ0v) is 50.2. The zero-order valence-electron chi connectivity index (χ0n) is 50.2. The minimum atomic E-state index is -0.794. The molecular weight excluding hydrogens is 949 g/mol. The molecule has 0 aliphatic carbocycles. The van der Waals surface area contributed by atoms with E-state index in [9.17, 15) is 14.4 Å². The highest BCUT2D eigenvalue weighted by Gasteiger charge is 2.19. The van der Waals surface area contributed by atoms with Crippen LogP contribution in [0, 0.1) is 0 Å². The molecule has 1 atom stereocenters. The molecule has 0 fully saturated rings. The van der Waals surface area contributed by atoms with Gasteiger partial charge in [-0.25, -0.2) is 0 Å². The fourth-order valence-corrected chi connectivity index (χ4v) is 8.62. The number of allylic oxidation sites excluding steroid dienone is 20. The largest absolute Gasteiger partial charge is 0.462 e. The van der Waals surface area contributed by atoms with Gasteiger partial charge in [0, 0.05) is 19.3 Å². The maximum Gasteiger partial charge on any atom is 0.306 e. The van der Waals surface area contributed by atoms with E-state index in [-0.39, 0.29) is 31.1 Å². The van der Waals surface area contributed by atoms with Gasteiger partial charge in [-0.1, -0.05) is 258 Å². The lowest BCUT2D eigenvalue weighted by Crippen LogP contribution is -2.30. The molecule has 0 aromatic heterocycles. The van der Waals surface area contributed by atoms with Crippen LogP contribution in [0.3, 0.4) is 0 Å². The van der Waals surface area contributed by atoms with Gasteiger partial charge in [-0.3, -0.25) is 14.4 Å². The van der Waals surface area contributed by atoms with Crippen LogP contribution in [0.5, 0.6) is 0 Å². The molecule has 77 heavy (non-hydrogen) atoms. The van der Waals surface area contributed by atoms with E-state index in [0.717, 1.165) is 141 Å². The Morgan fingerprint density at radius 1 is 0.273 bits per heavy atom. The van der Waals surface area contributed by atoms with E-state index in [1.54, 1.807) is 0 Å². The molecule has 0 bridgehead atoms. The van der Waals surface area contributed by atoms with Gasteiger partial charge in [0.1, 0.15) is 13.2 Å². The predicted octanol–water partition coefficient (Wildman–Crippen LogP) is 22.0. The maximum absolute atomic E-state index is 12.9. The number of carbonyl (C=O) groups is 3. The number of rotatable bonds is 57. The van der Waals surface area contributed by atoms with E-state index in [1.807, 2.05) is 0 Å². The van der Waals surface area contributed by atoms with Gasteiger partial charge in [-0.15, -0.1) is 0 Å². The van der Waals surface area contributed by atoms with E-state index >= 15 is 0 Å². The molecule has 1 unspecified atom stereocenters. The molecule has 438 valence electrons. The van der Waals surface area contributed by atoms with Crippen molar-refractivity contribution in [3.05, 3.63) is 122 Å². The van der Waals surface area contributed by atoms with Gasteiger partial charge in [0.25, 0.3) is 0 Å². The third-order valence-corrected chi connectivity index (χ3v) is 13.4. The average Bonchev–Trinajstić information content (AvgIpc) is 3.43. The second-order valence-electron chi connectivity index (χ2n) is 20.9. The summed E-state index contributed by atoms with van der Waals surface area (Å²) in [6.45, 7) is 6.47. The van der Waals surface area contributed by atoms with Crippen LogP contribution in [-0.4, -0.2) is 37.2 Å². The SMILES string of the molecule is CC/C=C\C/C=C\C/C=C\C/C=C\C/C=C\C/C=C\C/C=C\CCCCCCCCCCCC(=O)OCC(COC(=O)CCCCCCC/C=C\CCCCCC)OC(=O)CCCCCCC/C=C\C/C=C\CCCCC. The molecule has 0 radical (unpaired) electrons. The summed E-state index contributed by atoms with van der Waals surface area (Å²) in [5.41, 5.74) is 0. The van der Waals surface area contributed by atoms with Crippen molar-refractivity contribution in [1.29, 1.82) is 0 Å². The van der Waals surface area contributed by atoms with Gasteiger partial charge in [0.2, 0.25) is 0 Å². The molecule has 0 saturated heterocycles. The normalized spacial score (nSPS) is 12.9. The maximum atomic E-state index is 12.9. The third kappa shape index (κ3) is 62.5. The first kappa shape index (κ1) is 72.8. The van der Waals surface area contributed by atoms with Crippen LogP contribution in [0.1, 0.15) is 290 Å². The molecule has 0 aliphatic heterocycles. The Morgan fingerprint density at radius 3 is 0.831 bits per heavy atom. The minimum absolute atomic E-state index is 0.0907. The van der Waals surface area contributed by atoms with Crippen LogP contribution >= 0.6 is 0 Å². The van der Waals surface area contributed by atoms with Gasteiger partial charge in [0.05, 0.1) is 0 Å². The summed E-state index contributed by atoms with van der Waals surface area (Å²) < 4.78 is 16.9. The lowest BCUT2D eigenvalue weighted by atomic mass is 10.1. The van der Waals surface area contributed by atoms with Crippen molar-refractivity contribution in [2.24, 2.45) is 0 Å². The van der Waals surface area contributed by atoms with Crippen molar-refractivity contribution in [3.63, 3.8) is 0 Å². The topological polar surface area (TPSA) is 78.9 Å². The summed E-state index contributed by atoms with van der Waals surface area (Å²) >= 11 is 0. The highest BCUT2D eigenvalue weighted by molar-refractivity contribution is 5.71. The zero-order chi connectivity index (χ0) is 55.7. The first-order valence-electron chi connectivity index (χ1n) is 32.0. The van der Waals surface area contributed by atoms with E-state index in [1.165, 1.54) is 109 Å². The second kappa shape index (κ2) is 64.3. The highest BCUT2D eigenvalue weighted by atomic mass is 16.6. The summed E-state index contributed by atoms with van der Waals surface area (Å²) in [6.07, 6.45) is 89.2. The summed E-state index contributed by atoms with van der Waals surface area (Å²) in [7, 11) is 0. The number of hydrogen-bond donors (Lipinski definition) is 0. The Hall–Kier alpha value is -4.19. The number of ether oxygens (including phenoxy) is 3. The summed E-state index contributed by atoms with van der Waals surface area (Å²) in [5, 5.41) is 0. The molecule has 6 heteroatoms. The first-order chi connectivity index (χ1) is 38.0. The van der Waals surface area contributed by atoms with Crippen molar-refractivity contribution in [2.75, 3.05) is 13.2 Å². The lowest BCUT2D eigenvalue weighted by molar-refractivity contribution is -0.167. The van der Waals surface area contributed by atoms with E-state index < -0.39 is 6.10 Å². The van der Waals surface area contributed by atoms with Gasteiger partial charge in [0.15, 0.2) is 6.10 Å². The number of unbranched alkanes of at least 4 members (excludes halogenated alkanes) is 26. The third-order valence-electron chi connectivity index (χ3n) is 13.4. The van der Waals surface area contributed by atoms with E-state index in [4.69, 9.17) is 14.2 Å². The standard InChI is InChI=1S/C71H118O6/c1-4-7-10-13-16-19-22-25-27-28-29-30-31-32-33-34-35-36-37-38-39-40-41-42-44-46-49-52-55-58-61-64-70(73)76-67-68(66-75-69(72)63-60-57-54-51-48-45-24-21-18-15-12-9-6-3)77-71(74)65-62-59-56-53-50-47-43-26-23-20-17-14-11-8-5-2/h7,10,16-17,19-21,24-27,29-30,32-33,35-36,38-39,43,68H,4-6,8-9,11-15,18,22-23,28,31,34,37,40-42,44-67H2,1-3H3/b10-7-,19-16-,20-17-,24-21-,27-25-,30-29-,33-32-,36-35-,39-38-,43-26-. The molecule has 0 aliphatic rings. The first-order valence-corrected chi connectivity index (χ1v) is 32.0. The Labute approximate surface area is 475 Å². The van der Waals surface area contributed by atoms with E-state index in [2.05, 4.69) is 142 Å². The predicted molar refractivity (Wildman–Crippen MR) is 334 cm³/mol. The fraction of sp³-hybridized carbons (Fsp3) is 0.676. The Morgan fingerprint density at radius 2 is 0.506 bits per heavy atom. The molecule has 0 aromatic carbocycles. The molecule has 0 rings (SSSR count). The Kier molecular flexibility index (Phi) is 60.8. The molecule has 0 N–H and O–H groups in total. The van der Waals surface area contributed by atoms with Crippen molar-refractivity contribution < 1.29 is 28.6 Å². The summed E-state index contributed by atoms with van der Waals surface area (Å²) in [6, 6.07) is 0. The highest BCUT2D eigenvalue weighted by Crippen LogP contribution is 2.15. The number of carbonyl (C=O) groups excluding carboxylic acids is 3. The minimum Gasteiger partial charge on any atom is -0.462 e. The Bertz CT molecular complexity index is 1600. The summed E-state index contributed by atoms with van der Waals surface area (Å²) in [4.78, 5) is 38.2. The molecule has 0 heterocycles. The molecular formula is C71H118O6. The van der Waals surface area contributed by atoms with Crippen LogP contribution in [0.15, 0.2) is 122 Å². The molecule has 0 aromatic rings. The smallest absolute Gasteiger partial charge is 0.306 e. The Balaban J connectivity index is 4.29. The van der Waals surface area contributed by atoms with Gasteiger partial charge in [-0.05, 0) is 135 Å². The van der Waals surface area contributed by atoms with Crippen LogP contribution < -0.4 is 0 Å². The van der Waals surface area contributed by atoms with E-state index in [0.29, 0.717) is 19.3 Å². The van der Waals surface area contributed by atoms with Gasteiger partial charge in [-0.2, -0.15) is 0 Å². The molecule has 6 nitrogen and oxygen atoms in total. The fourth-order valence-electron chi connectivity index (χ4n) is 8.62.